The van der Waals surface area contributed by atoms with Crippen molar-refractivity contribution in [2.24, 2.45) is 0 Å². The zero-order valence-corrected chi connectivity index (χ0v) is 12.6. The molecule has 0 saturated carbocycles. The van der Waals surface area contributed by atoms with Gasteiger partial charge in [-0.1, -0.05) is 18.5 Å². The SMILES string of the molecule is CCC(C)N(CC)C(=O)Nc1ccc(Cl)cc1C(=O)O. The molecule has 0 radical (unpaired) electrons. The number of aromatic carboxylic acids is 1. The third-order valence-corrected chi connectivity index (χ3v) is 3.41. The van der Waals surface area contributed by atoms with Gasteiger partial charge in [-0.2, -0.15) is 0 Å². The second-order valence-corrected chi connectivity index (χ2v) is 4.90. The van der Waals surface area contributed by atoms with E-state index >= 15 is 0 Å². The number of nitrogens with zero attached hydrogens (tertiary/aromatic N) is 1. The number of carbonyl (C=O) groups is 2. The van der Waals surface area contributed by atoms with E-state index in [4.69, 9.17) is 16.7 Å². The Kier molecular flexibility index (Phi) is 5.82. The van der Waals surface area contributed by atoms with Crippen molar-refractivity contribution < 1.29 is 14.7 Å². The van der Waals surface area contributed by atoms with E-state index in [0.29, 0.717) is 11.6 Å². The van der Waals surface area contributed by atoms with Crippen molar-refractivity contribution in [1.29, 1.82) is 0 Å². The molecule has 1 unspecified atom stereocenters. The Bertz CT molecular complexity index is 505. The highest BCUT2D eigenvalue weighted by atomic mass is 35.5. The fourth-order valence-corrected chi connectivity index (χ4v) is 2.04. The molecule has 0 aromatic heterocycles. The van der Waals surface area contributed by atoms with Gasteiger partial charge in [-0.05, 0) is 38.5 Å². The van der Waals surface area contributed by atoms with Crippen LogP contribution in [-0.4, -0.2) is 34.6 Å². The summed E-state index contributed by atoms with van der Waals surface area (Å²) in [5, 5.41) is 12.1. The molecule has 0 heterocycles. The van der Waals surface area contributed by atoms with Gasteiger partial charge in [0.1, 0.15) is 0 Å². The number of carboxylic acids is 1. The summed E-state index contributed by atoms with van der Waals surface area (Å²) in [4.78, 5) is 25.0. The van der Waals surface area contributed by atoms with Gasteiger partial charge in [-0.15, -0.1) is 0 Å². The molecule has 1 rings (SSSR count). The number of halogens is 1. The highest BCUT2D eigenvalue weighted by Gasteiger charge is 2.19. The maximum Gasteiger partial charge on any atom is 0.337 e. The molecule has 0 spiro atoms. The van der Waals surface area contributed by atoms with E-state index in [2.05, 4.69) is 5.32 Å². The monoisotopic (exact) mass is 298 g/mol. The minimum Gasteiger partial charge on any atom is -0.478 e. The normalized spacial score (nSPS) is 11.8. The molecule has 2 N–H and O–H groups in total. The van der Waals surface area contributed by atoms with Gasteiger partial charge in [0, 0.05) is 17.6 Å². The average molecular weight is 299 g/mol. The number of anilines is 1. The molecule has 0 aliphatic carbocycles. The molecule has 0 saturated heterocycles. The van der Waals surface area contributed by atoms with Crippen LogP contribution >= 0.6 is 11.6 Å². The Morgan fingerprint density at radius 3 is 2.55 bits per heavy atom. The maximum atomic E-state index is 12.2. The molecular weight excluding hydrogens is 280 g/mol. The van der Waals surface area contributed by atoms with Crippen LogP contribution in [0.1, 0.15) is 37.6 Å². The van der Waals surface area contributed by atoms with Crippen molar-refractivity contribution in [3.63, 3.8) is 0 Å². The van der Waals surface area contributed by atoms with Crippen LogP contribution in [-0.2, 0) is 0 Å². The highest BCUT2D eigenvalue weighted by molar-refractivity contribution is 6.31. The first-order valence-corrected chi connectivity index (χ1v) is 6.88. The Labute approximate surface area is 123 Å². The van der Waals surface area contributed by atoms with Crippen molar-refractivity contribution in [2.75, 3.05) is 11.9 Å². The molecule has 110 valence electrons. The number of nitrogens with one attached hydrogen (secondary N) is 1. The Balaban J connectivity index is 2.98. The van der Waals surface area contributed by atoms with E-state index in [0.717, 1.165) is 6.42 Å². The van der Waals surface area contributed by atoms with Crippen LogP contribution in [0, 0.1) is 0 Å². The van der Waals surface area contributed by atoms with E-state index in [1.807, 2.05) is 20.8 Å². The highest BCUT2D eigenvalue weighted by Crippen LogP contribution is 2.21. The molecule has 1 aromatic carbocycles. The molecule has 6 heteroatoms. The van der Waals surface area contributed by atoms with Crippen LogP contribution in [0.2, 0.25) is 5.02 Å². The summed E-state index contributed by atoms with van der Waals surface area (Å²) in [5.74, 6) is -1.13. The third kappa shape index (κ3) is 3.87. The van der Waals surface area contributed by atoms with Gasteiger partial charge in [0.25, 0.3) is 0 Å². The first-order chi connectivity index (χ1) is 9.40. The molecule has 1 atom stereocenters. The summed E-state index contributed by atoms with van der Waals surface area (Å²) < 4.78 is 0. The lowest BCUT2D eigenvalue weighted by Crippen LogP contribution is -2.41. The van der Waals surface area contributed by atoms with Gasteiger partial charge in [0.15, 0.2) is 0 Å². The topological polar surface area (TPSA) is 69.6 Å². The largest absolute Gasteiger partial charge is 0.478 e. The fraction of sp³-hybridized carbons (Fsp3) is 0.429. The molecule has 0 aliphatic rings. The number of carbonyl (C=O) groups excluding carboxylic acids is 1. The Hall–Kier alpha value is -1.75. The van der Waals surface area contributed by atoms with Crippen LogP contribution in [0.3, 0.4) is 0 Å². The molecule has 1 aromatic rings. The summed E-state index contributed by atoms with van der Waals surface area (Å²) >= 11 is 5.77. The van der Waals surface area contributed by atoms with Crippen LogP contribution in [0.15, 0.2) is 18.2 Å². The van der Waals surface area contributed by atoms with Gasteiger partial charge >= 0.3 is 12.0 Å². The fourth-order valence-electron chi connectivity index (χ4n) is 1.87. The van der Waals surface area contributed by atoms with Crippen LogP contribution in [0.5, 0.6) is 0 Å². The minimum absolute atomic E-state index is 0.0222. The number of benzene rings is 1. The number of hydrogen-bond acceptors (Lipinski definition) is 2. The van der Waals surface area contributed by atoms with Crippen LogP contribution in [0.4, 0.5) is 10.5 Å². The lowest BCUT2D eigenvalue weighted by atomic mass is 10.2. The Morgan fingerprint density at radius 2 is 2.05 bits per heavy atom. The number of hydrogen-bond donors (Lipinski definition) is 2. The van der Waals surface area contributed by atoms with Gasteiger partial charge in [-0.25, -0.2) is 9.59 Å². The predicted molar refractivity (Wildman–Crippen MR) is 79.6 cm³/mol. The zero-order chi connectivity index (χ0) is 15.3. The Morgan fingerprint density at radius 1 is 1.40 bits per heavy atom. The molecule has 20 heavy (non-hydrogen) atoms. The third-order valence-electron chi connectivity index (χ3n) is 3.18. The first kappa shape index (κ1) is 16.3. The van der Waals surface area contributed by atoms with Gasteiger partial charge < -0.3 is 15.3 Å². The number of amides is 2. The first-order valence-electron chi connectivity index (χ1n) is 6.51. The van der Waals surface area contributed by atoms with Crippen LogP contribution < -0.4 is 5.32 Å². The summed E-state index contributed by atoms with van der Waals surface area (Å²) in [6, 6.07) is 4.13. The molecule has 2 amide bonds. The number of rotatable bonds is 5. The summed E-state index contributed by atoms with van der Waals surface area (Å²) in [7, 11) is 0. The van der Waals surface area contributed by atoms with Crippen molar-refractivity contribution in [3.05, 3.63) is 28.8 Å². The number of carboxylic acid groups (broad SMARTS) is 1. The van der Waals surface area contributed by atoms with E-state index in [1.54, 1.807) is 11.0 Å². The standard InChI is InChI=1S/C14H19ClN2O3/c1-4-9(3)17(5-2)14(20)16-12-7-6-10(15)8-11(12)13(18)19/h6-9H,4-5H2,1-3H3,(H,16,20)(H,18,19). The summed E-state index contributed by atoms with van der Waals surface area (Å²) in [6.07, 6.45) is 0.827. The van der Waals surface area contributed by atoms with Gasteiger partial charge in [0.05, 0.1) is 11.3 Å². The summed E-state index contributed by atoms with van der Waals surface area (Å²) in [5.41, 5.74) is 0.222. The number of urea groups is 1. The van der Waals surface area contributed by atoms with Crippen LogP contribution in [0.25, 0.3) is 0 Å². The lowest BCUT2D eigenvalue weighted by Gasteiger charge is -2.27. The van der Waals surface area contributed by atoms with Gasteiger partial charge in [-0.3, -0.25) is 0 Å². The second kappa shape index (κ2) is 7.14. The summed E-state index contributed by atoms with van der Waals surface area (Å²) in [6.45, 7) is 6.37. The van der Waals surface area contributed by atoms with Gasteiger partial charge in [0.2, 0.25) is 0 Å². The quantitative estimate of drug-likeness (QED) is 0.871. The predicted octanol–water partition coefficient (Wildman–Crippen LogP) is 3.69. The average Bonchev–Trinajstić information content (AvgIpc) is 2.41. The lowest BCUT2D eigenvalue weighted by molar-refractivity contribution is 0.0698. The molecular formula is C14H19ClN2O3. The van der Waals surface area contributed by atoms with Crippen molar-refractivity contribution in [1.82, 2.24) is 4.90 Å². The molecule has 0 aliphatic heterocycles. The van der Waals surface area contributed by atoms with E-state index in [-0.39, 0.29) is 23.3 Å². The molecule has 0 fully saturated rings. The minimum atomic E-state index is -1.13. The molecule has 5 nitrogen and oxygen atoms in total. The van der Waals surface area contributed by atoms with E-state index < -0.39 is 5.97 Å². The maximum absolute atomic E-state index is 12.2. The van der Waals surface area contributed by atoms with E-state index in [9.17, 15) is 9.59 Å². The smallest absolute Gasteiger partial charge is 0.337 e. The van der Waals surface area contributed by atoms with Crippen molar-refractivity contribution in [2.45, 2.75) is 33.2 Å². The van der Waals surface area contributed by atoms with Crippen molar-refractivity contribution >= 4 is 29.3 Å². The van der Waals surface area contributed by atoms with Crippen molar-refractivity contribution in [3.8, 4) is 0 Å². The zero-order valence-electron chi connectivity index (χ0n) is 11.8. The van der Waals surface area contributed by atoms with E-state index in [1.165, 1.54) is 12.1 Å². The molecule has 0 bridgehead atoms. The second-order valence-electron chi connectivity index (χ2n) is 4.47.